The van der Waals surface area contributed by atoms with E-state index in [2.05, 4.69) is 5.32 Å². The molecule has 0 unspecified atom stereocenters. The van der Waals surface area contributed by atoms with Crippen molar-refractivity contribution >= 4 is 15.9 Å². The van der Waals surface area contributed by atoms with E-state index in [0.29, 0.717) is 25.9 Å². The number of hydrogen-bond acceptors (Lipinski definition) is 3. The van der Waals surface area contributed by atoms with Gasteiger partial charge < -0.3 is 5.32 Å². The minimum atomic E-state index is -3.24. The maximum absolute atomic E-state index is 11.7. The maximum atomic E-state index is 11.7. The van der Waals surface area contributed by atoms with Crippen molar-refractivity contribution in [3.8, 4) is 0 Å². The molecule has 0 aromatic heterocycles. The number of carbonyl (C=O) groups is 1. The summed E-state index contributed by atoms with van der Waals surface area (Å²) in [5.74, 6) is -0.0592. The second-order valence-electron chi connectivity index (χ2n) is 5.30. The summed E-state index contributed by atoms with van der Waals surface area (Å²) in [6.07, 6.45) is 2.28. The second kappa shape index (κ2) is 8.14. The number of nitrogens with zero attached hydrogens (tertiary/aromatic N) is 1. The van der Waals surface area contributed by atoms with Gasteiger partial charge in [0.2, 0.25) is 15.9 Å². The molecule has 0 bridgehead atoms. The van der Waals surface area contributed by atoms with Gasteiger partial charge >= 0.3 is 0 Å². The van der Waals surface area contributed by atoms with E-state index >= 15 is 0 Å². The van der Waals surface area contributed by atoms with Gasteiger partial charge in [-0.05, 0) is 25.8 Å². The fourth-order valence-electron chi connectivity index (χ4n) is 2.10. The molecule has 0 saturated heterocycles. The summed E-state index contributed by atoms with van der Waals surface area (Å²) in [6, 6.07) is 9.69. The Morgan fingerprint density at radius 2 is 1.86 bits per heavy atom. The van der Waals surface area contributed by atoms with Crippen molar-refractivity contribution in [3.05, 3.63) is 35.9 Å². The zero-order chi connectivity index (χ0) is 15.9. The zero-order valence-corrected chi connectivity index (χ0v) is 13.7. The smallest absolute Gasteiger partial charge is 0.220 e. The normalized spacial score (nSPS) is 11.9. The molecular formula is C15H24N2O3S. The van der Waals surface area contributed by atoms with Crippen molar-refractivity contribution in [2.75, 3.05) is 19.3 Å². The largest absolute Gasteiger partial charge is 0.355 e. The standard InChI is InChI=1S/C15H24N2O3S/c1-13(2)17(21(3,19)20)12-11-16-15(18)10-9-14-7-5-4-6-8-14/h4-8,13H,9-12H2,1-3H3,(H,16,18). The lowest BCUT2D eigenvalue weighted by Gasteiger charge is -2.23. The predicted molar refractivity (Wildman–Crippen MR) is 84.5 cm³/mol. The SMILES string of the molecule is CC(C)N(CCNC(=O)CCc1ccccc1)S(C)(=O)=O. The van der Waals surface area contributed by atoms with E-state index in [-0.39, 0.29) is 11.9 Å². The van der Waals surface area contributed by atoms with Gasteiger partial charge in [0, 0.05) is 25.6 Å². The van der Waals surface area contributed by atoms with Crippen LogP contribution in [-0.2, 0) is 21.2 Å². The van der Waals surface area contributed by atoms with Gasteiger partial charge in [0.05, 0.1) is 6.26 Å². The van der Waals surface area contributed by atoms with Crippen LogP contribution in [0, 0.1) is 0 Å². The Hall–Kier alpha value is -1.40. The third-order valence-electron chi connectivity index (χ3n) is 3.14. The van der Waals surface area contributed by atoms with E-state index in [1.807, 2.05) is 44.2 Å². The van der Waals surface area contributed by atoms with E-state index in [0.717, 1.165) is 5.56 Å². The third kappa shape index (κ3) is 6.73. The van der Waals surface area contributed by atoms with Gasteiger partial charge in [-0.3, -0.25) is 4.79 Å². The molecule has 0 fully saturated rings. The summed E-state index contributed by atoms with van der Waals surface area (Å²) >= 11 is 0. The summed E-state index contributed by atoms with van der Waals surface area (Å²) in [4.78, 5) is 11.7. The van der Waals surface area contributed by atoms with Crippen LogP contribution in [0.3, 0.4) is 0 Å². The van der Waals surface area contributed by atoms with Gasteiger partial charge in [0.25, 0.3) is 0 Å². The van der Waals surface area contributed by atoms with Crippen LogP contribution in [0.1, 0.15) is 25.8 Å². The number of hydrogen-bond donors (Lipinski definition) is 1. The Morgan fingerprint density at radius 1 is 1.24 bits per heavy atom. The lowest BCUT2D eigenvalue weighted by molar-refractivity contribution is -0.121. The minimum absolute atomic E-state index is 0.0592. The van der Waals surface area contributed by atoms with Gasteiger partial charge in [0.1, 0.15) is 0 Å². The van der Waals surface area contributed by atoms with Crippen molar-refractivity contribution in [3.63, 3.8) is 0 Å². The van der Waals surface area contributed by atoms with Crippen molar-refractivity contribution < 1.29 is 13.2 Å². The fourth-order valence-corrected chi connectivity index (χ4v) is 3.29. The molecule has 0 spiro atoms. The Balaban J connectivity index is 2.33. The lowest BCUT2D eigenvalue weighted by Crippen LogP contribution is -2.41. The maximum Gasteiger partial charge on any atom is 0.220 e. The monoisotopic (exact) mass is 312 g/mol. The van der Waals surface area contributed by atoms with Crippen molar-refractivity contribution in [1.82, 2.24) is 9.62 Å². The Morgan fingerprint density at radius 3 is 2.38 bits per heavy atom. The summed E-state index contributed by atoms with van der Waals surface area (Å²) in [7, 11) is -3.24. The number of aryl methyl sites for hydroxylation is 1. The van der Waals surface area contributed by atoms with Crippen LogP contribution < -0.4 is 5.32 Å². The molecule has 0 atom stereocenters. The molecule has 0 aliphatic carbocycles. The van der Waals surface area contributed by atoms with Crippen molar-refractivity contribution in [2.24, 2.45) is 0 Å². The summed E-state index contributed by atoms with van der Waals surface area (Å²) in [5.41, 5.74) is 1.12. The van der Waals surface area contributed by atoms with E-state index in [4.69, 9.17) is 0 Å². The van der Waals surface area contributed by atoms with Crippen LogP contribution in [0.2, 0.25) is 0 Å². The summed E-state index contributed by atoms with van der Waals surface area (Å²) < 4.78 is 24.5. The molecule has 0 aliphatic rings. The number of benzene rings is 1. The molecule has 0 radical (unpaired) electrons. The molecule has 0 aliphatic heterocycles. The van der Waals surface area contributed by atoms with Gasteiger partial charge in [-0.2, -0.15) is 4.31 Å². The van der Waals surface area contributed by atoms with Gasteiger partial charge in [0.15, 0.2) is 0 Å². The number of carbonyl (C=O) groups excluding carboxylic acids is 1. The molecule has 0 saturated carbocycles. The highest BCUT2D eigenvalue weighted by atomic mass is 32.2. The topological polar surface area (TPSA) is 66.5 Å². The molecule has 5 nitrogen and oxygen atoms in total. The first-order chi connectivity index (χ1) is 9.80. The van der Waals surface area contributed by atoms with E-state index in [1.165, 1.54) is 10.6 Å². The molecule has 1 N–H and O–H groups in total. The Labute approximate surface area is 127 Å². The fraction of sp³-hybridized carbons (Fsp3) is 0.533. The highest BCUT2D eigenvalue weighted by Crippen LogP contribution is 2.04. The molecule has 1 aromatic carbocycles. The molecule has 21 heavy (non-hydrogen) atoms. The third-order valence-corrected chi connectivity index (χ3v) is 4.60. The average Bonchev–Trinajstić information content (AvgIpc) is 2.40. The lowest BCUT2D eigenvalue weighted by atomic mass is 10.1. The first kappa shape index (κ1) is 17.7. The molecule has 118 valence electrons. The number of rotatable bonds is 8. The van der Waals surface area contributed by atoms with Crippen LogP contribution >= 0.6 is 0 Å². The van der Waals surface area contributed by atoms with Gasteiger partial charge in [-0.25, -0.2) is 8.42 Å². The number of sulfonamides is 1. The Bertz CT molecular complexity index is 541. The number of amides is 1. The second-order valence-corrected chi connectivity index (χ2v) is 7.24. The highest BCUT2D eigenvalue weighted by molar-refractivity contribution is 7.88. The van der Waals surface area contributed by atoms with Crippen molar-refractivity contribution in [1.29, 1.82) is 0 Å². The van der Waals surface area contributed by atoms with Crippen LogP contribution in [0.25, 0.3) is 0 Å². The van der Waals surface area contributed by atoms with Crippen LogP contribution in [0.4, 0.5) is 0 Å². The Kier molecular flexibility index (Phi) is 6.84. The molecule has 0 heterocycles. The quantitative estimate of drug-likeness (QED) is 0.789. The van der Waals surface area contributed by atoms with Gasteiger partial charge in [-0.15, -0.1) is 0 Å². The average molecular weight is 312 g/mol. The van der Waals surface area contributed by atoms with E-state index < -0.39 is 10.0 Å². The molecule has 1 amide bonds. The van der Waals surface area contributed by atoms with Crippen LogP contribution in [0.15, 0.2) is 30.3 Å². The van der Waals surface area contributed by atoms with Gasteiger partial charge in [-0.1, -0.05) is 30.3 Å². The van der Waals surface area contributed by atoms with Crippen molar-refractivity contribution in [2.45, 2.75) is 32.7 Å². The summed E-state index contributed by atoms with van der Waals surface area (Å²) in [5, 5.41) is 2.77. The first-order valence-electron chi connectivity index (χ1n) is 7.08. The zero-order valence-electron chi connectivity index (χ0n) is 12.9. The molecule has 1 aromatic rings. The molecule has 6 heteroatoms. The van der Waals surface area contributed by atoms with E-state index in [9.17, 15) is 13.2 Å². The molecular weight excluding hydrogens is 288 g/mol. The summed E-state index contributed by atoms with van der Waals surface area (Å²) in [6.45, 7) is 4.27. The van der Waals surface area contributed by atoms with E-state index in [1.54, 1.807) is 0 Å². The first-order valence-corrected chi connectivity index (χ1v) is 8.93. The highest BCUT2D eigenvalue weighted by Gasteiger charge is 2.19. The van der Waals surface area contributed by atoms with Crippen LogP contribution in [0.5, 0.6) is 0 Å². The predicted octanol–water partition coefficient (Wildman–Crippen LogP) is 1.41. The molecule has 1 rings (SSSR count). The van der Waals surface area contributed by atoms with Crippen LogP contribution in [-0.4, -0.2) is 44.0 Å². The number of nitrogens with one attached hydrogen (secondary N) is 1. The minimum Gasteiger partial charge on any atom is -0.355 e.